The molecule has 0 aromatic carbocycles. The van der Waals surface area contributed by atoms with Crippen molar-refractivity contribution in [2.45, 2.75) is 238 Å². The maximum Gasteiger partial charge on any atom is 0.0319 e. The Balaban J connectivity index is -0.000000345. The molecule has 0 unspecified atom stereocenters. The highest BCUT2D eigenvalue weighted by Crippen LogP contribution is 2.18. The average molecular weight is 711 g/mol. The van der Waals surface area contributed by atoms with E-state index in [1.807, 2.05) is 0 Å². The van der Waals surface area contributed by atoms with Crippen molar-refractivity contribution in [3.05, 3.63) is 0 Å². The van der Waals surface area contributed by atoms with Crippen molar-refractivity contribution in [1.29, 1.82) is 0 Å². The van der Waals surface area contributed by atoms with E-state index in [9.17, 15) is 0 Å². The smallest absolute Gasteiger partial charge is 0.0319 e. The normalized spacial score (nSPS) is 18.9. The molecule has 0 aliphatic heterocycles. The van der Waals surface area contributed by atoms with Crippen molar-refractivity contribution >= 4 is 0 Å². The first-order valence-corrected chi connectivity index (χ1v) is 21.2. The molecule has 0 saturated heterocycles. The van der Waals surface area contributed by atoms with Gasteiger partial charge in [0.15, 0.2) is 0 Å². The SMILES string of the molecule is C1CCCCCCCCCCCCCCCCCCCCCCCCCCCCCCCCCCCC1.CO.CO.CO.CO.CO.CO. The molecule has 306 valence electrons. The van der Waals surface area contributed by atoms with Crippen LogP contribution in [0.5, 0.6) is 0 Å². The predicted molar refractivity (Wildman–Crippen MR) is 220 cm³/mol. The lowest BCUT2D eigenvalue weighted by atomic mass is 10.0. The number of hydrogen-bond acceptors (Lipinski definition) is 6. The molecule has 6 nitrogen and oxygen atoms in total. The highest BCUT2D eigenvalue weighted by Gasteiger charge is 1.98. The second-order valence-corrected chi connectivity index (χ2v) is 13.1. The van der Waals surface area contributed by atoms with Gasteiger partial charge in [-0.05, 0) is 0 Å². The van der Waals surface area contributed by atoms with Crippen LogP contribution in [0.3, 0.4) is 0 Å². The summed E-state index contributed by atoms with van der Waals surface area (Å²) in [6.07, 6.45) is 55.5. The zero-order valence-electron chi connectivity index (χ0n) is 34.8. The number of aliphatic hydroxyl groups is 6. The molecule has 6 heteroatoms. The van der Waals surface area contributed by atoms with Crippen molar-refractivity contribution in [3.63, 3.8) is 0 Å². The van der Waals surface area contributed by atoms with Crippen LogP contribution >= 0.6 is 0 Å². The first-order valence-electron chi connectivity index (χ1n) is 21.2. The Kier molecular flexibility index (Phi) is 95.9. The summed E-state index contributed by atoms with van der Waals surface area (Å²) in [5.74, 6) is 0. The van der Waals surface area contributed by atoms with Crippen LogP contribution in [0.1, 0.15) is 238 Å². The zero-order valence-corrected chi connectivity index (χ0v) is 34.8. The van der Waals surface area contributed by atoms with Crippen LogP contribution in [0, 0.1) is 0 Å². The van der Waals surface area contributed by atoms with E-state index in [0.717, 1.165) is 42.7 Å². The van der Waals surface area contributed by atoms with Gasteiger partial charge in [0.1, 0.15) is 0 Å². The fourth-order valence-corrected chi connectivity index (χ4v) is 6.54. The Morgan fingerprint density at radius 3 is 0.143 bits per heavy atom. The van der Waals surface area contributed by atoms with Gasteiger partial charge < -0.3 is 30.6 Å². The molecule has 1 fully saturated rings. The minimum absolute atomic E-state index is 1.00. The van der Waals surface area contributed by atoms with Crippen LogP contribution < -0.4 is 0 Å². The Labute approximate surface area is 310 Å². The van der Waals surface area contributed by atoms with Gasteiger partial charge in [-0.15, -0.1) is 0 Å². The van der Waals surface area contributed by atoms with E-state index < -0.39 is 0 Å². The van der Waals surface area contributed by atoms with E-state index in [-0.39, 0.29) is 0 Å². The second-order valence-electron chi connectivity index (χ2n) is 13.1. The largest absolute Gasteiger partial charge is 0.400 e. The first kappa shape index (κ1) is 60.8. The molecule has 0 bridgehead atoms. The Morgan fingerprint density at radius 1 is 0.102 bits per heavy atom. The molecule has 0 atom stereocenters. The van der Waals surface area contributed by atoms with E-state index in [4.69, 9.17) is 30.6 Å². The summed E-state index contributed by atoms with van der Waals surface area (Å²) in [5, 5.41) is 42.0. The van der Waals surface area contributed by atoms with Crippen molar-refractivity contribution in [3.8, 4) is 0 Å². The Hall–Kier alpha value is -0.240. The molecule has 1 rings (SSSR count). The van der Waals surface area contributed by atoms with Gasteiger partial charge >= 0.3 is 0 Å². The molecular formula is C43H98O6. The minimum atomic E-state index is 1.00. The summed E-state index contributed by atoms with van der Waals surface area (Å²) in [7, 11) is 6.00. The summed E-state index contributed by atoms with van der Waals surface area (Å²) in [5.41, 5.74) is 0. The third-order valence-electron chi connectivity index (χ3n) is 9.25. The lowest BCUT2D eigenvalue weighted by Crippen LogP contribution is -1.85. The molecule has 1 aliphatic rings. The predicted octanol–water partition coefficient (Wildman–Crippen LogP) is 12.1. The summed E-state index contributed by atoms with van der Waals surface area (Å²) in [6, 6.07) is 0. The third kappa shape index (κ3) is 74.0. The maximum atomic E-state index is 7.00. The van der Waals surface area contributed by atoms with Crippen molar-refractivity contribution in [2.75, 3.05) is 42.7 Å². The quantitative estimate of drug-likeness (QED) is 0.149. The Bertz CT molecular complexity index is 219. The number of aliphatic hydroxyl groups excluding tert-OH is 6. The van der Waals surface area contributed by atoms with Gasteiger partial charge in [0.05, 0.1) is 0 Å². The van der Waals surface area contributed by atoms with Gasteiger partial charge in [0.2, 0.25) is 0 Å². The van der Waals surface area contributed by atoms with Crippen LogP contribution in [0.15, 0.2) is 0 Å². The van der Waals surface area contributed by atoms with E-state index >= 15 is 0 Å². The highest BCUT2D eigenvalue weighted by molar-refractivity contribution is 4.54. The minimum Gasteiger partial charge on any atom is -0.400 e. The molecule has 49 heavy (non-hydrogen) atoms. The molecule has 0 aromatic heterocycles. The van der Waals surface area contributed by atoms with Gasteiger partial charge in [-0.2, -0.15) is 0 Å². The molecule has 6 N–H and O–H groups in total. The van der Waals surface area contributed by atoms with Crippen LogP contribution in [-0.4, -0.2) is 73.3 Å². The lowest BCUT2D eigenvalue weighted by molar-refractivity contribution is 0.399. The first-order chi connectivity index (χ1) is 24.5. The highest BCUT2D eigenvalue weighted by atomic mass is 16.2. The third-order valence-corrected chi connectivity index (χ3v) is 9.25. The fraction of sp³-hybridized carbons (Fsp3) is 1.00. The van der Waals surface area contributed by atoms with Crippen LogP contribution in [-0.2, 0) is 0 Å². The standard InChI is InChI=1S/C37H74.6CH4O/c1-2-4-6-8-10-12-14-16-18-20-22-24-26-28-30-32-34-36-37-35-33-31-29-27-25-23-21-19-17-15-13-11-9-7-5-3-1;6*1-2/h1-37H2;6*2H,1H3. The second kappa shape index (κ2) is 77.3. The van der Waals surface area contributed by atoms with Crippen LogP contribution in [0.4, 0.5) is 0 Å². The molecule has 0 aromatic rings. The van der Waals surface area contributed by atoms with Gasteiger partial charge in [-0.25, -0.2) is 0 Å². The van der Waals surface area contributed by atoms with E-state index in [0.29, 0.717) is 0 Å². The van der Waals surface area contributed by atoms with Crippen molar-refractivity contribution in [2.24, 2.45) is 0 Å². The molecule has 0 amide bonds. The van der Waals surface area contributed by atoms with Crippen LogP contribution in [0.2, 0.25) is 0 Å². The Morgan fingerprint density at radius 2 is 0.122 bits per heavy atom. The van der Waals surface area contributed by atoms with Gasteiger partial charge in [0, 0.05) is 42.7 Å². The average Bonchev–Trinajstić information content (AvgIpc) is 3.18. The fourth-order valence-electron chi connectivity index (χ4n) is 6.54. The lowest BCUT2D eigenvalue weighted by Gasteiger charge is -2.05. The van der Waals surface area contributed by atoms with E-state index in [1.165, 1.54) is 238 Å². The van der Waals surface area contributed by atoms with Crippen LogP contribution in [0.25, 0.3) is 0 Å². The zero-order chi connectivity index (χ0) is 38.2. The molecule has 0 radical (unpaired) electrons. The number of rotatable bonds is 0. The molecule has 1 aliphatic carbocycles. The van der Waals surface area contributed by atoms with E-state index in [2.05, 4.69) is 0 Å². The molecule has 1 saturated carbocycles. The summed E-state index contributed by atoms with van der Waals surface area (Å²) in [4.78, 5) is 0. The molecule has 0 spiro atoms. The van der Waals surface area contributed by atoms with Crippen molar-refractivity contribution < 1.29 is 30.6 Å². The molecular weight excluding hydrogens is 612 g/mol. The van der Waals surface area contributed by atoms with Gasteiger partial charge in [-0.3, -0.25) is 0 Å². The monoisotopic (exact) mass is 711 g/mol. The number of hydrogen-bond donors (Lipinski definition) is 6. The summed E-state index contributed by atoms with van der Waals surface area (Å²) >= 11 is 0. The summed E-state index contributed by atoms with van der Waals surface area (Å²) < 4.78 is 0. The van der Waals surface area contributed by atoms with Crippen molar-refractivity contribution in [1.82, 2.24) is 0 Å². The van der Waals surface area contributed by atoms with E-state index in [1.54, 1.807) is 0 Å². The topological polar surface area (TPSA) is 121 Å². The summed E-state index contributed by atoms with van der Waals surface area (Å²) in [6.45, 7) is 0. The maximum absolute atomic E-state index is 7.00. The molecule has 0 heterocycles. The van der Waals surface area contributed by atoms with Gasteiger partial charge in [-0.1, -0.05) is 238 Å². The van der Waals surface area contributed by atoms with Gasteiger partial charge in [0.25, 0.3) is 0 Å².